The molecule has 0 amide bonds. The Morgan fingerprint density at radius 1 is 1.05 bits per heavy atom. The molecule has 0 spiro atoms. The first kappa shape index (κ1) is 14.3. The summed E-state index contributed by atoms with van der Waals surface area (Å²) in [7, 11) is 0. The van der Waals surface area contributed by atoms with Crippen molar-refractivity contribution in [3.05, 3.63) is 50.4 Å². The lowest BCUT2D eigenvalue weighted by atomic mass is 10.2. The van der Waals surface area contributed by atoms with E-state index in [1.165, 1.54) is 12.1 Å². The maximum Gasteiger partial charge on any atom is 0.124 e. The van der Waals surface area contributed by atoms with Crippen LogP contribution in [0.5, 0.6) is 11.5 Å². The summed E-state index contributed by atoms with van der Waals surface area (Å²) in [4.78, 5) is 0. The van der Waals surface area contributed by atoms with Crippen LogP contribution < -0.4 is 5.32 Å². The quantitative estimate of drug-likeness (QED) is 0.736. The van der Waals surface area contributed by atoms with Gasteiger partial charge in [0, 0.05) is 22.6 Å². The highest BCUT2D eigenvalue weighted by atomic mass is 79.9. The highest BCUT2D eigenvalue weighted by Crippen LogP contribution is 2.34. The van der Waals surface area contributed by atoms with E-state index in [-0.39, 0.29) is 11.5 Å². The molecule has 0 atom stereocenters. The SMILES string of the molecule is Oc1ccc(CNc2c(Cl)cc(Br)cc2Cl)c(O)c1. The Labute approximate surface area is 128 Å². The second-order valence-corrected chi connectivity index (χ2v) is 5.64. The van der Waals surface area contributed by atoms with Crippen LogP contribution in [0.1, 0.15) is 5.56 Å². The molecular formula is C13H10BrCl2NO2. The average molecular weight is 363 g/mol. The standard InChI is InChI=1S/C13H10BrCl2NO2/c14-8-3-10(15)13(11(16)4-8)17-6-7-1-2-9(18)5-12(7)19/h1-5,17-19H,6H2. The van der Waals surface area contributed by atoms with Gasteiger partial charge in [0.1, 0.15) is 11.5 Å². The molecule has 0 aliphatic heterocycles. The van der Waals surface area contributed by atoms with Crippen molar-refractivity contribution in [2.75, 3.05) is 5.32 Å². The zero-order chi connectivity index (χ0) is 14.0. The Morgan fingerprint density at radius 2 is 1.68 bits per heavy atom. The summed E-state index contributed by atoms with van der Waals surface area (Å²) in [5.41, 5.74) is 1.23. The van der Waals surface area contributed by atoms with Gasteiger partial charge in [-0.2, -0.15) is 0 Å². The molecule has 2 aromatic rings. The zero-order valence-corrected chi connectivity index (χ0v) is 12.7. The predicted octanol–water partition coefficient (Wildman–Crippen LogP) is 4.78. The molecule has 0 aliphatic rings. The number of phenolic OH excluding ortho intramolecular Hbond substituents is 2. The summed E-state index contributed by atoms with van der Waals surface area (Å²) >= 11 is 15.5. The number of hydrogen-bond donors (Lipinski definition) is 3. The van der Waals surface area contributed by atoms with E-state index in [9.17, 15) is 10.2 Å². The third-order valence-corrected chi connectivity index (χ3v) is 3.59. The zero-order valence-electron chi connectivity index (χ0n) is 9.62. The second-order valence-electron chi connectivity index (χ2n) is 3.91. The molecule has 2 rings (SSSR count). The van der Waals surface area contributed by atoms with Gasteiger partial charge in [-0.3, -0.25) is 0 Å². The first-order chi connectivity index (χ1) is 8.97. The van der Waals surface area contributed by atoms with Crippen molar-refractivity contribution in [3.8, 4) is 11.5 Å². The van der Waals surface area contributed by atoms with Gasteiger partial charge in [-0.1, -0.05) is 39.1 Å². The molecule has 0 fully saturated rings. The molecule has 6 heteroatoms. The number of halogens is 3. The first-order valence-corrected chi connectivity index (χ1v) is 6.91. The van der Waals surface area contributed by atoms with Crippen molar-refractivity contribution >= 4 is 44.8 Å². The second kappa shape index (κ2) is 5.90. The van der Waals surface area contributed by atoms with Crippen LogP contribution in [0.2, 0.25) is 10.0 Å². The van der Waals surface area contributed by atoms with Crippen LogP contribution in [0.3, 0.4) is 0 Å². The Morgan fingerprint density at radius 3 is 2.26 bits per heavy atom. The van der Waals surface area contributed by atoms with E-state index in [2.05, 4.69) is 21.2 Å². The predicted molar refractivity (Wildman–Crippen MR) is 81.3 cm³/mol. The molecule has 0 saturated heterocycles. The van der Waals surface area contributed by atoms with Crippen LogP contribution in [0.25, 0.3) is 0 Å². The molecule has 19 heavy (non-hydrogen) atoms. The molecule has 100 valence electrons. The van der Waals surface area contributed by atoms with Crippen molar-refractivity contribution in [1.82, 2.24) is 0 Å². The van der Waals surface area contributed by atoms with Gasteiger partial charge < -0.3 is 15.5 Å². The molecule has 0 unspecified atom stereocenters. The summed E-state index contributed by atoms with van der Waals surface area (Å²) < 4.78 is 0.792. The molecule has 0 saturated carbocycles. The lowest BCUT2D eigenvalue weighted by molar-refractivity contribution is 0.446. The smallest absolute Gasteiger partial charge is 0.124 e. The Bertz CT molecular complexity index is 597. The summed E-state index contributed by atoms with van der Waals surface area (Å²) in [5, 5.41) is 22.9. The van der Waals surface area contributed by atoms with E-state index in [0.717, 1.165) is 4.47 Å². The summed E-state index contributed by atoms with van der Waals surface area (Å²) in [5.74, 6) is 0.0258. The van der Waals surface area contributed by atoms with E-state index in [0.29, 0.717) is 27.8 Å². The van der Waals surface area contributed by atoms with E-state index >= 15 is 0 Å². The third-order valence-electron chi connectivity index (χ3n) is 2.53. The Balaban J connectivity index is 2.19. The highest BCUT2D eigenvalue weighted by molar-refractivity contribution is 9.10. The number of rotatable bonds is 3. The van der Waals surface area contributed by atoms with Crippen LogP contribution in [-0.4, -0.2) is 10.2 Å². The van der Waals surface area contributed by atoms with E-state index in [4.69, 9.17) is 23.2 Å². The lowest BCUT2D eigenvalue weighted by Gasteiger charge is -2.12. The highest BCUT2D eigenvalue weighted by Gasteiger charge is 2.09. The minimum Gasteiger partial charge on any atom is -0.508 e. The van der Waals surface area contributed by atoms with Gasteiger partial charge in [0.05, 0.1) is 15.7 Å². The van der Waals surface area contributed by atoms with Gasteiger partial charge in [-0.05, 0) is 24.3 Å². The maximum atomic E-state index is 9.68. The fourth-order valence-corrected chi connectivity index (χ4v) is 2.94. The van der Waals surface area contributed by atoms with Gasteiger partial charge >= 0.3 is 0 Å². The molecular weight excluding hydrogens is 353 g/mol. The first-order valence-electron chi connectivity index (χ1n) is 5.36. The van der Waals surface area contributed by atoms with Crippen LogP contribution in [0.15, 0.2) is 34.8 Å². The number of aromatic hydroxyl groups is 2. The molecule has 0 bridgehead atoms. The van der Waals surface area contributed by atoms with Gasteiger partial charge in [0.25, 0.3) is 0 Å². The molecule has 2 aromatic carbocycles. The summed E-state index contributed by atoms with van der Waals surface area (Å²) in [6.07, 6.45) is 0. The molecule has 3 nitrogen and oxygen atoms in total. The van der Waals surface area contributed by atoms with E-state index < -0.39 is 0 Å². The Hall–Kier alpha value is -1.10. The molecule has 3 N–H and O–H groups in total. The molecule has 0 heterocycles. The number of benzene rings is 2. The van der Waals surface area contributed by atoms with Crippen molar-refractivity contribution in [2.45, 2.75) is 6.54 Å². The molecule has 0 aliphatic carbocycles. The van der Waals surface area contributed by atoms with Crippen LogP contribution in [0, 0.1) is 0 Å². The largest absolute Gasteiger partial charge is 0.508 e. The fourth-order valence-electron chi connectivity index (χ4n) is 1.60. The van der Waals surface area contributed by atoms with Crippen molar-refractivity contribution in [1.29, 1.82) is 0 Å². The summed E-state index contributed by atoms with van der Waals surface area (Å²) in [6.45, 7) is 0.340. The van der Waals surface area contributed by atoms with Crippen molar-refractivity contribution in [3.63, 3.8) is 0 Å². The van der Waals surface area contributed by atoms with Gasteiger partial charge in [-0.25, -0.2) is 0 Å². The Kier molecular flexibility index (Phi) is 4.45. The topological polar surface area (TPSA) is 52.5 Å². The number of nitrogens with one attached hydrogen (secondary N) is 1. The minimum absolute atomic E-state index is 0.0110. The van der Waals surface area contributed by atoms with Gasteiger partial charge in [-0.15, -0.1) is 0 Å². The van der Waals surface area contributed by atoms with Gasteiger partial charge in [0.2, 0.25) is 0 Å². The maximum absolute atomic E-state index is 9.68. The fraction of sp³-hybridized carbons (Fsp3) is 0.0769. The number of hydrogen-bond acceptors (Lipinski definition) is 3. The van der Waals surface area contributed by atoms with E-state index in [1.54, 1.807) is 18.2 Å². The van der Waals surface area contributed by atoms with Crippen LogP contribution >= 0.6 is 39.1 Å². The molecule has 0 aromatic heterocycles. The summed E-state index contributed by atoms with van der Waals surface area (Å²) in [6, 6.07) is 7.86. The monoisotopic (exact) mass is 361 g/mol. The van der Waals surface area contributed by atoms with Crippen LogP contribution in [0.4, 0.5) is 5.69 Å². The van der Waals surface area contributed by atoms with Crippen LogP contribution in [-0.2, 0) is 6.54 Å². The normalized spacial score (nSPS) is 10.5. The average Bonchev–Trinajstić information content (AvgIpc) is 2.30. The van der Waals surface area contributed by atoms with Gasteiger partial charge in [0.15, 0.2) is 0 Å². The lowest BCUT2D eigenvalue weighted by Crippen LogP contribution is -2.01. The van der Waals surface area contributed by atoms with E-state index in [1.807, 2.05) is 0 Å². The molecule has 0 radical (unpaired) electrons. The number of anilines is 1. The third kappa shape index (κ3) is 3.47. The minimum atomic E-state index is 0.0110. The van der Waals surface area contributed by atoms with Crippen molar-refractivity contribution in [2.24, 2.45) is 0 Å². The number of phenols is 2. The van der Waals surface area contributed by atoms with Crippen molar-refractivity contribution < 1.29 is 10.2 Å².